The van der Waals surface area contributed by atoms with Gasteiger partial charge < -0.3 is 15.0 Å². The average molecular weight is 373 g/mol. The summed E-state index contributed by atoms with van der Waals surface area (Å²) in [5, 5.41) is 3.66. The number of nitrogens with zero attached hydrogens (tertiary/aromatic N) is 1. The Labute approximate surface area is 164 Å². The molecule has 2 aliphatic rings. The Bertz CT molecular complexity index is 599. The fraction of sp³-hybridized carbons (Fsp3) is 0.696. The van der Waals surface area contributed by atoms with E-state index >= 15 is 0 Å². The summed E-state index contributed by atoms with van der Waals surface area (Å²) in [4.78, 5) is 15.7. The molecule has 0 aromatic heterocycles. The molecule has 1 atom stereocenters. The lowest BCUT2D eigenvalue weighted by Gasteiger charge is -2.43. The Balaban J connectivity index is 1.68. The Morgan fingerprint density at radius 1 is 1.19 bits per heavy atom. The molecule has 1 heterocycles. The number of piperidine rings is 1. The molecule has 0 radical (unpaired) electrons. The van der Waals surface area contributed by atoms with Gasteiger partial charge in [-0.25, -0.2) is 0 Å². The van der Waals surface area contributed by atoms with Crippen LogP contribution in [0.2, 0.25) is 0 Å². The van der Waals surface area contributed by atoms with Gasteiger partial charge in [0.25, 0.3) is 0 Å². The third kappa shape index (κ3) is 4.84. The minimum atomic E-state index is -0.418. The molecule has 1 saturated carbocycles. The van der Waals surface area contributed by atoms with Crippen molar-refractivity contribution in [3.8, 4) is 0 Å². The second-order valence-electron chi connectivity index (χ2n) is 8.70. The van der Waals surface area contributed by atoms with E-state index in [0.717, 1.165) is 63.9 Å². The summed E-state index contributed by atoms with van der Waals surface area (Å²) in [7, 11) is 1.78. The average Bonchev–Trinajstić information content (AvgIpc) is 2.70. The number of hydrogen-bond acceptors (Lipinski definition) is 3. The minimum Gasteiger partial charge on any atom is -0.384 e. The van der Waals surface area contributed by atoms with E-state index < -0.39 is 5.54 Å². The number of likely N-dealkylation sites (tertiary alicyclic amines) is 1. The molecule has 0 bridgehead atoms. The van der Waals surface area contributed by atoms with Crippen LogP contribution >= 0.6 is 0 Å². The summed E-state index contributed by atoms with van der Waals surface area (Å²) in [5.41, 5.74) is 1.90. The maximum Gasteiger partial charge on any atom is 0.248 e. The van der Waals surface area contributed by atoms with Crippen LogP contribution in [0.4, 0.5) is 5.69 Å². The van der Waals surface area contributed by atoms with Crippen LogP contribution in [-0.4, -0.2) is 43.2 Å². The Kier molecular flexibility index (Phi) is 6.80. The van der Waals surface area contributed by atoms with Gasteiger partial charge in [0.1, 0.15) is 5.54 Å². The van der Waals surface area contributed by atoms with Crippen molar-refractivity contribution in [1.29, 1.82) is 0 Å². The molecule has 1 amide bonds. The van der Waals surface area contributed by atoms with E-state index in [1.165, 1.54) is 12.0 Å². The van der Waals surface area contributed by atoms with E-state index in [1.54, 1.807) is 7.11 Å². The summed E-state index contributed by atoms with van der Waals surface area (Å²) in [6, 6.07) is 8.45. The highest BCUT2D eigenvalue weighted by Gasteiger charge is 2.43. The van der Waals surface area contributed by atoms with Crippen LogP contribution in [0.15, 0.2) is 24.3 Å². The van der Waals surface area contributed by atoms with Crippen LogP contribution in [0, 0.1) is 18.8 Å². The zero-order valence-electron chi connectivity index (χ0n) is 17.3. The highest BCUT2D eigenvalue weighted by atomic mass is 16.5. The van der Waals surface area contributed by atoms with Gasteiger partial charge in [-0.2, -0.15) is 0 Å². The molecule has 3 rings (SSSR count). The van der Waals surface area contributed by atoms with Gasteiger partial charge in [0, 0.05) is 32.5 Å². The third-order valence-corrected chi connectivity index (χ3v) is 6.61. The number of rotatable bonds is 6. The van der Waals surface area contributed by atoms with Crippen molar-refractivity contribution in [3.05, 3.63) is 29.8 Å². The van der Waals surface area contributed by atoms with Crippen molar-refractivity contribution in [2.75, 3.05) is 32.1 Å². The van der Waals surface area contributed by atoms with E-state index in [9.17, 15) is 4.79 Å². The first kappa shape index (κ1) is 20.2. The van der Waals surface area contributed by atoms with Gasteiger partial charge in [0.15, 0.2) is 0 Å². The zero-order chi connectivity index (χ0) is 19.3. The standard InChI is InChI=1S/C23H36N2O2/c1-18-7-9-21(10-8-18)24-23(13-5-4-6-14-23)22(26)25-15-11-20(12-16-25)19(2)17-27-3/h7-10,19-20,24H,4-6,11-17H2,1-3H3. The lowest BCUT2D eigenvalue weighted by Crippen LogP contribution is -2.56. The zero-order valence-corrected chi connectivity index (χ0v) is 17.3. The number of amides is 1. The van der Waals surface area contributed by atoms with Crippen LogP contribution in [0.1, 0.15) is 57.4 Å². The van der Waals surface area contributed by atoms with E-state index in [-0.39, 0.29) is 0 Å². The molecule has 1 aromatic carbocycles. The number of hydrogen-bond donors (Lipinski definition) is 1. The number of benzene rings is 1. The molecule has 1 aliphatic carbocycles. The van der Waals surface area contributed by atoms with Crippen molar-refractivity contribution in [2.45, 2.75) is 64.3 Å². The first-order valence-electron chi connectivity index (χ1n) is 10.7. The van der Waals surface area contributed by atoms with E-state index in [1.807, 2.05) is 0 Å². The number of aryl methyl sites for hydroxylation is 1. The minimum absolute atomic E-state index is 0.320. The van der Waals surface area contributed by atoms with Crippen molar-refractivity contribution in [2.24, 2.45) is 11.8 Å². The Morgan fingerprint density at radius 2 is 1.81 bits per heavy atom. The van der Waals surface area contributed by atoms with Gasteiger partial charge in [-0.1, -0.05) is 43.9 Å². The van der Waals surface area contributed by atoms with Gasteiger partial charge in [0.2, 0.25) is 5.91 Å². The second-order valence-corrected chi connectivity index (χ2v) is 8.70. The molecule has 1 N–H and O–H groups in total. The van der Waals surface area contributed by atoms with Crippen LogP contribution in [0.25, 0.3) is 0 Å². The molecular weight excluding hydrogens is 336 g/mol. The highest BCUT2D eigenvalue weighted by Crippen LogP contribution is 2.35. The fourth-order valence-corrected chi connectivity index (χ4v) is 4.83. The quantitative estimate of drug-likeness (QED) is 0.791. The van der Waals surface area contributed by atoms with Crippen molar-refractivity contribution in [1.82, 2.24) is 4.90 Å². The fourth-order valence-electron chi connectivity index (χ4n) is 4.83. The Morgan fingerprint density at radius 3 is 2.41 bits per heavy atom. The van der Waals surface area contributed by atoms with Gasteiger partial charge in [-0.3, -0.25) is 4.79 Å². The predicted molar refractivity (Wildman–Crippen MR) is 111 cm³/mol. The summed E-state index contributed by atoms with van der Waals surface area (Å²) in [6.45, 7) is 6.95. The van der Waals surface area contributed by atoms with E-state index in [2.05, 4.69) is 48.3 Å². The highest BCUT2D eigenvalue weighted by molar-refractivity contribution is 5.89. The van der Waals surface area contributed by atoms with Gasteiger partial charge >= 0.3 is 0 Å². The summed E-state index contributed by atoms with van der Waals surface area (Å²) < 4.78 is 5.33. The third-order valence-electron chi connectivity index (χ3n) is 6.61. The van der Waals surface area contributed by atoms with Crippen LogP contribution < -0.4 is 5.32 Å². The number of nitrogens with one attached hydrogen (secondary N) is 1. The number of anilines is 1. The second kappa shape index (κ2) is 9.09. The number of ether oxygens (including phenoxy) is 1. The van der Waals surface area contributed by atoms with Crippen molar-refractivity contribution in [3.63, 3.8) is 0 Å². The van der Waals surface area contributed by atoms with Crippen molar-refractivity contribution < 1.29 is 9.53 Å². The van der Waals surface area contributed by atoms with Crippen LogP contribution in [0.5, 0.6) is 0 Å². The monoisotopic (exact) mass is 372 g/mol. The largest absolute Gasteiger partial charge is 0.384 e. The molecule has 2 fully saturated rings. The van der Waals surface area contributed by atoms with Gasteiger partial charge in [-0.05, 0) is 56.6 Å². The van der Waals surface area contributed by atoms with E-state index in [0.29, 0.717) is 17.7 Å². The first-order chi connectivity index (χ1) is 13.0. The molecule has 150 valence electrons. The molecule has 1 aromatic rings. The van der Waals surface area contributed by atoms with Crippen LogP contribution in [0.3, 0.4) is 0 Å². The Hall–Kier alpha value is -1.55. The summed E-state index contributed by atoms with van der Waals surface area (Å²) in [6.07, 6.45) is 7.58. The lowest BCUT2D eigenvalue weighted by molar-refractivity contribution is -0.139. The number of carbonyl (C=O) groups excluding carboxylic acids is 1. The molecule has 1 unspecified atom stereocenters. The summed E-state index contributed by atoms with van der Waals surface area (Å²) in [5.74, 6) is 1.56. The van der Waals surface area contributed by atoms with Crippen molar-refractivity contribution >= 4 is 11.6 Å². The first-order valence-corrected chi connectivity index (χ1v) is 10.7. The maximum absolute atomic E-state index is 13.6. The van der Waals surface area contributed by atoms with E-state index in [4.69, 9.17) is 4.74 Å². The van der Waals surface area contributed by atoms with Gasteiger partial charge in [0.05, 0.1) is 0 Å². The smallest absolute Gasteiger partial charge is 0.248 e. The SMILES string of the molecule is COCC(C)C1CCN(C(=O)C2(Nc3ccc(C)cc3)CCCCC2)CC1. The molecule has 4 nitrogen and oxygen atoms in total. The topological polar surface area (TPSA) is 41.6 Å². The molecule has 1 saturated heterocycles. The predicted octanol–water partition coefficient (Wildman–Crippen LogP) is 4.63. The molecule has 27 heavy (non-hydrogen) atoms. The maximum atomic E-state index is 13.6. The number of methoxy groups -OCH3 is 1. The normalized spacial score (nSPS) is 21.7. The molecule has 1 aliphatic heterocycles. The summed E-state index contributed by atoms with van der Waals surface area (Å²) >= 11 is 0. The van der Waals surface area contributed by atoms with Crippen LogP contribution in [-0.2, 0) is 9.53 Å². The van der Waals surface area contributed by atoms with Gasteiger partial charge in [-0.15, -0.1) is 0 Å². The number of carbonyl (C=O) groups is 1. The lowest BCUT2D eigenvalue weighted by atomic mass is 9.79. The molecule has 0 spiro atoms. The molecule has 4 heteroatoms. The molecular formula is C23H36N2O2.